The van der Waals surface area contributed by atoms with Crippen molar-refractivity contribution in [1.29, 1.82) is 0 Å². The van der Waals surface area contributed by atoms with Crippen LogP contribution in [0, 0.1) is 0 Å². The van der Waals surface area contributed by atoms with E-state index in [1.807, 2.05) is 36.4 Å². The van der Waals surface area contributed by atoms with E-state index in [4.69, 9.17) is 14.1 Å². The molecule has 0 bridgehead atoms. The summed E-state index contributed by atoms with van der Waals surface area (Å²) in [4.78, 5) is 9.35. The summed E-state index contributed by atoms with van der Waals surface area (Å²) in [5.74, 6) is 0.918. The Morgan fingerprint density at radius 2 is 1.39 bits per heavy atom. The summed E-state index contributed by atoms with van der Waals surface area (Å²) in [6.45, 7) is 0. The third-order valence-electron chi connectivity index (χ3n) is 6.70. The molecule has 0 radical (unpaired) electrons. The molecule has 2 heterocycles. The number of phenolic OH excluding ortho intramolecular Hbond substituents is 1. The second-order valence-corrected chi connectivity index (χ2v) is 8.74. The molecule has 0 aliphatic rings. The van der Waals surface area contributed by atoms with E-state index in [1.165, 1.54) is 5.39 Å². The Kier molecular flexibility index (Phi) is 4.45. The molecule has 0 aliphatic carbocycles. The molecule has 5 heteroatoms. The number of benzene rings is 5. The van der Waals surface area contributed by atoms with Crippen LogP contribution in [-0.4, -0.2) is 22.2 Å². The van der Waals surface area contributed by atoms with E-state index in [9.17, 15) is 5.11 Å². The number of furan rings is 1. The van der Waals surface area contributed by atoms with Gasteiger partial charge in [0.05, 0.1) is 18.4 Å². The van der Waals surface area contributed by atoms with Gasteiger partial charge in [0.1, 0.15) is 16.9 Å². The first-order chi connectivity index (χ1) is 17.7. The Hall–Kier alpha value is -4.90. The van der Waals surface area contributed by atoms with Crippen LogP contribution in [0.15, 0.2) is 101 Å². The first-order valence-corrected chi connectivity index (χ1v) is 11.7. The van der Waals surface area contributed by atoms with Gasteiger partial charge in [-0.2, -0.15) is 4.98 Å². The van der Waals surface area contributed by atoms with Gasteiger partial charge in [-0.3, -0.25) is 0 Å². The maximum absolute atomic E-state index is 10.4. The maximum Gasteiger partial charge on any atom is 0.217 e. The van der Waals surface area contributed by atoms with Crippen LogP contribution in [0.4, 0.5) is 0 Å². The molecule has 0 unspecified atom stereocenters. The van der Waals surface area contributed by atoms with Crippen LogP contribution < -0.4 is 4.74 Å². The SMILES string of the molecule is COc1cc(-c2cc3oc4ccc5ccccc5c4c3c3ccccc23)nc(-c2ccccc2O)n1. The Morgan fingerprint density at radius 1 is 0.667 bits per heavy atom. The van der Waals surface area contributed by atoms with E-state index in [0.717, 1.165) is 43.7 Å². The highest BCUT2D eigenvalue weighted by atomic mass is 16.5. The molecule has 36 heavy (non-hydrogen) atoms. The summed E-state index contributed by atoms with van der Waals surface area (Å²) in [5.41, 5.74) is 3.76. The third-order valence-corrected chi connectivity index (χ3v) is 6.70. The Bertz CT molecular complexity index is 1960. The third kappa shape index (κ3) is 3.03. The fourth-order valence-electron chi connectivity index (χ4n) is 5.06. The van der Waals surface area contributed by atoms with Crippen molar-refractivity contribution in [3.63, 3.8) is 0 Å². The van der Waals surface area contributed by atoms with Crippen LogP contribution >= 0.6 is 0 Å². The zero-order valence-corrected chi connectivity index (χ0v) is 19.4. The predicted octanol–water partition coefficient (Wildman–Crippen LogP) is 7.73. The first-order valence-electron chi connectivity index (χ1n) is 11.7. The van der Waals surface area contributed by atoms with Gasteiger partial charge in [-0.05, 0) is 45.8 Å². The number of rotatable bonds is 3. The van der Waals surface area contributed by atoms with E-state index in [-0.39, 0.29) is 5.75 Å². The molecular formula is C31H20N2O3. The van der Waals surface area contributed by atoms with Crippen LogP contribution in [-0.2, 0) is 0 Å². The van der Waals surface area contributed by atoms with E-state index in [0.29, 0.717) is 23.0 Å². The van der Waals surface area contributed by atoms with E-state index in [2.05, 4.69) is 47.4 Å². The summed E-state index contributed by atoms with van der Waals surface area (Å²) in [5, 5.41) is 17.1. The van der Waals surface area contributed by atoms with Gasteiger partial charge in [0.2, 0.25) is 5.88 Å². The summed E-state index contributed by atoms with van der Waals surface area (Å²) < 4.78 is 11.9. The highest BCUT2D eigenvalue weighted by Gasteiger charge is 2.19. The topological polar surface area (TPSA) is 68.4 Å². The number of aromatic nitrogens is 2. The molecule has 172 valence electrons. The highest BCUT2D eigenvalue weighted by molar-refractivity contribution is 6.28. The van der Waals surface area contributed by atoms with Crippen molar-refractivity contribution < 1.29 is 14.3 Å². The van der Waals surface area contributed by atoms with Gasteiger partial charge in [-0.1, -0.05) is 66.7 Å². The average molecular weight is 469 g/mol. The standard InChI is InChI=1S/C31H20N2O3/c1-35-28-17-24(32-31(33-28)22-12-6-7-13-25(22)34)23-16-27-30(21-11-5-4-10-20(21)23)29-19-9-3-2-8-18(19)14-15-26(29)36-27/h2-17,34H,1H3. The fourth-order valence-corrected chi connectivity index (χ4v) is 5.06. The van der Waals surface area contributed by atoms with Crippen LogP contribution in [0.1, 0.15) is 0 Å². The molecule has 7 rings (SSSR count). The van der Waals surface area contributed by atoms with Crippen molar-refractivity contribution in [1.82, 2.24) is 9.97 Å². The smallest absolute Gasteiger partial charge is 0.217 e. The quantitative estimate of drug-likeness (QED) is 0.287. The Balaban J connectivity index is 1.58. The molecule has 0 amide bonds. The first kappa shape index (κ1) is 20.5. The van der Waals surface area contributed by atoms with Crippen molar-refractivity contribution in [2.24, 2.45) is 0 Å². The summed E-state index contributed by atoms with van der Waals surface area (Å²) >= 11 is 0. The van der Waals surface area contributed by atoms with Crippen molar-refractivity contribution >= 4 is 43.5 Å². The molecule has 7 aromatic rings. The number of nitrogens with zero attached hydrogens (tertiary/aromatic N) is 2. The maximum atomic E-state index is 10.4. The fraction of sp³-hybridized carbons (Fsp3) is 0.0323. The lowest BCUT2D eigenvalue weighted by Crippen LogP contribution is -1.97. The van der Waals surface area contributed by atoms with E-state index < -0.39 is 0 Å². The minimum atomic E-state index is 0.112. The minimum Gasteiger partial charge on any atom is -0.507 e. The minimum absolute atomic E-state index is 0.112. The summed E-state index contributed by atoms with van der Waals surface area (Å²) in [6, 6.07) is 31.7. The van der Waals surface area contributed by atoms with Gasteiger partial charge in [0.15, 0.2) is 5.82 Å². The Labute approximate surface area is 206 Å². The van der Waals surface area contributed by atoms with Crippen molar-refractivity contribution in [3.8, 4) is 34.3 Å². The van der Waals surface area contributed by atoms with Gasteiger partial charge in [-0.15, -0.1) is 0 Å². The molecule has 2 aromatic heterocycles. The largest absolute Gasteiger partial charge is 0.507 e. The van der Waals surface area contributed by atoms with Gasteiger partial charge >= 0.3 is 0 Å². The molecule has 0 fully saturated rings. The number of ether oxygens (including phenoxy) is 1. The van der Waals surface area contributed by atoms with Crippen LogP contribution in [0.25, 0.3) is 66.1 Å². The lowest BCUT2D eigenvalue weighted by atomic mass is 9.95. The average Bonchev–Trinajstić information content (AvgIpc) is 3.32. The van der Waals surface area contributed by atoms with Crippen molar-refractivity contribution in [2.45, 2.75) is 0 Å². The molecule has 0 saturated heterocycles. The van der Waals surface area contributed by atoms with Crippen LogP contribution in [0.2, 0.25) is 0 Å². The zero-order valence-electron chi connectivity index (χ0n) is 19.4. The number of phenols is 1. The number of para-hydroxylation sites is 1. The molecule has 0 saturated carbocycles. The molecule has 1 N–H and O–H groups in total. The second-order valence-electron chi connectivity index (χ2n) is 8.74. The molecule has 5 nitrogen and oxygen atoms in total. The van der Waals surface area contributed by atoms with E-state index >= 15 is 0 Å². The Morgan fingerprint density at radius 3 is 2.22 bits per heavy atom. The zero-order chi connectivity index (χ0) is 24.2. The number of hydrogen-bond acceptors (Lipinski definition) is 5. The summed E-state index contributed by atoms with van der Waals surface area (Å²) in [6.07, 6.45) is 0. The highest BCUT2D eigenvalue weighted by Crippen LogP contribution is 2.42. The number of aromatic hydroxyl groups is 1. The van der Waals surface area contributed by atoms with Gasteiger partial charge in [0.25, 0.3) is 0 Å². The molecular weight excluding hydrogens is 448 g/mol. The van der Waals surface area contributed by atoms with Crippen molar-refractivity contribution in [3.05, 3.63) is 97.1 Å². The predicted molar refractivity (Wildman–Crippen MR) is 143 cm³/mol. The molecule has 0 atom stereocenters. The van der Waals surface area contributed by atoms with Crippen LogP contribution in [0.5, 0.6) is 11.6 Å². The molecule has 5 aromatic carbocycles. The summed E-state index contributed by atoms with van der Waals surface area (Å²) in [7, 11) is 1.58. The second kappa shape index (κ2) is 7.82. The number of hydrogen-bond donors (Lipinski definition) is 1. The van der Waals surface area contributed by atoms with Crippen molar-refractivity contribution in [2.75, 3.05) is 7.11 Å². The van der Waals surface area contributed by atoms with E-state index in [1.54, 1.807) is 25.3 Å². The van der Waals surface area contributed by atoms with Crippen LogP contribution in [0.3, 0.4) is 0 Å². The van der Waals surface area contributed by atoms with Gasteiger partial charge in [0, 0.05) is 22.4 Å². The molecule has 0 aliphatic heterocycles. The number of fused-ring (bicyclic) bond motifs is 7. The number of methoxy groups -OCH3 is 1. The molecule has 0 spiro atoms. The van der Waals surface area contributed by atoms with Gasteiger partial charge < -0.3 is 14.3 Å². The lowest BCUT2D eigenvalue weighted by molar-refractivity contribution is 0.397. The normalized spacial score (nSPS) is 11.6. The van der Waals surface area contributed by atoms with Gasteiger partial charge in [-0.25, -0.2) is 4.98 Å². The monoisotopic (exact) mass is 468 g/mol. The lowest BCUT2D eigenvalue weighted by Gasteiger charge is -2.11.